The van der Waals surface area contributed by atoms with Gasteiger partial charge < -0.3 is 45.7 Å². The standard InChI is InChI=1S/C26H26BFN8O7S/c1-41-7-6-29-24(38)25-32-18(12-44-25)14-8-13(28)9-17(22(14)43-3)31-16-10-20(33-19-4-5-21(42-2)36-35-19)30-11-15(16)23(37)34-26(27,39)40/h4-5,8-12,39-40H,6-7H2,1-3H3,(H,29,38)(H,34,37)(H2,30,31,33,35). The van der Waals surface area contributed by atoms with Gasteiger partial charge in [0.05, 0.1) is 43.5 Å². The van der Waals surface area contributed by atoms with Crippen LogP contribution in [0.1, 0.15) is 20.2 Å². The third-order valence-corrected chi connectivity index (χ3v) is 6.49. The summed E-state index contributed by atoms with van der Waals surface area (Å²) >= 11 is 1.05. The third-order valence-electron chi connectivity index (χ3n) is 5.64. The summed E-state index contributed by atoms with van der Waals surface area (Å²) in [6.07, 6.45) is 1.12. The highest BCUT2D eigenvalue weighted by atomic mass is 32.1. The van der Waals surface area contributed by atoms with Crippen LogP contribution < -0.4 is 30.7 Å². The van der Waals surface area contributed by atoms with Crippen LogP contribution in [0.15, 0.2) is 41.9 Å². The van der Waals surface area contributed by atoms with Gasteiger partial charge in [-0.3, -0.25) is 9.59 Å². The minimum atomic E-state index is -3.04. The number of carbonyl (C=O) groups excluding carboxylic acids is 2. The summed E-state index contributed by atoms with van der Waals surface area (Å²) in [6, 6.07) is 6.81. The number of benzene rings is 1. The maximum absolute atomic E-state index is 15.0. The van der Waals surface area contributed by atoms with E-state index < -0.39 is 23.4 Å². The highest BCUT2D eigenvalue weighted by Crippen LogP contribution is 2.40. The van der Waals surface area contributed by atoms with E-state index in [2.05, 4.69) is 36.1 Å². The van der Waals surface area contributed by atoms with E-state index in [-0.39, 0.29) is 63.0 Å². The number of hydrogen-bond donors (Lipinski definition) is 6. The molecule has 0 atom stereocenters. The molecule has 0 spiro atoms. The number of halogens is 1. The Morgan fingerprint density at radius 2 is 1.82 bits per heavy atom. The minimum Gasteiger partial charge on any atom is -0.494 e. The molecule has 228 valence electrons. The van der Waals surface area contributed by atoms with E-state index in [9.17, 15) is 24.2 Å². The molecule has 6 N–H and O–H groups in total. The molecule has 18 heteroatoms. The lowest BCUT2D eigenvalue weighted by Gasteiger charge is -2.21. The van der Waals surface area contributed by atoms with Gasteiger partial charge >= 0.3 is 0 Å². The molecule has 3 heterocycles. The minimum absolute atomic E-state index is 0.0251. The molecule has 3 aromatic heterocycles. The van der Waals surface area contributed by atoms with Gasteiger partial charge in [0.1, 0.15) is 11.6 Å². The predicted octanol–water partition coefficient (Wildman–Crippen LogP) is 1.51. The number of aliphatic hydroxyl groups is 2. The van der Waals surface area contributed by atoms with Crippen LogP contribution in [0.2, 0.25) is 0 Å². The summed E-state index contributed by atoms with van der Waals surface area (Å²) in [5.41, 5.74) is 0.348. The molecule has 0 aliphatic heterocycles. The van der Waals surface area contributed by atoms with Crippen LogP contribution in [-0.4, -0.2) is 90.3 Å². The van der Waals surface area contributed by atoms with Crippen molar-refractivity contribution in [1.82, 2.24) is 30.8 Å². The Kier molecular flexibility index (Phi) is 10.2. The van der Waals surface area contributed by atoms with Crippen LogP contribution in [0.25, 0.3) is 11.3 Å². The van der Waals surface area contributed by atoms with E-state index in [1.165, 1.54) is 33.5 Å². The fraction of sp³-hybridized carbons (Fsp3) is 0.231. The maximum Gasteiger partial charge on any atom is 0.280 e. The number of anilines is 4. The van der Waals surface area contributed by atoms with Crippen LogP contribution in [0, 0.1) is 5.82 Å². The summed E-state index contributed by atoms with van der Waals surface area (Å²) in [5, 5.41) is 38.9. The molecule has 0 aliphatic carbocycles. The van der Waals surface area contributed by atoms with Gasteiger partial charge in [0, 0.05) is 49.0 Å². The van der Waals surface area contributed by atoms with Crippen LogP contribution >= 0.6 is 11.3 Å². The van der Waals surface area contributed by atoms with E-state index >= 15 is 0 Å². The molecule has 0 saturated carbocycles. The number of carbonyl (C=O) groups is 2. The molecule has 0 bridgehead atoms. The zero-order valence-electron chi connectivity index (χ0n) is 23.5. The fourth-order valence-corrected chi connectivity index (χ4v) is 4.49. The summed E-state index contributed by atoms with van der Waals surface area (Å²) in [5.74, 6) is -4.32. The van der Waals surface area contributed by atoms with Gasteiger partial charge in [-0.1, -0.05) is 0 Å². The van der Waals surface area contributed by atoms with Gasteiger partial charge in [0.25, 0.3) is 11.8 Å². The van der Waals surface area contributed by atoms with Crippen LogP contribution in [0.4, 0.5) is 27.4 Å². The second kappa shape index (κ2) is 14.0. The Bertz CT molecular complexity index is 1640. The second-order valence-electron chi connectivity index (χ2n) is 8.83. The van der Waals surface area contributed by atoms with Gasteiger partial charge in [-0.2, -0.15) is 0 Å². The van der Waals surface area contributed by atoms with E-state index in [0.29, 0.717) is 6.61 Å². The maximum atomic E-state index is 15.0. The van der Waals surface area contributed by atoms with Gasteiger partial charge in [-0.05, 0) is 12.1 Å². The van der Waals surface area contributed by atoms with Crippen molar-refractivity contribution in [2.75, 3.05) is 45.1 Å². The molecule has 2 radical (unpaired) electrons. The first kappa shape index (κ1) is 32.0. The fourth-order valence-electron chi connectivity index (χ4n) is 3.76. The van der Waals surface area contributed by atoms with Crippen molar-refractivity contribution in [3.05, 3.63) is 58.3 Å². The second-order valence-corrected chi connectivity index (χ2v) is 9.69. The number of methoxy groups -OCH3 is 3. The molecule has 15 nitrogen and oxygen atoms in total. The number of nitrogens with one attached hydrogen (secondary N) is 4. The van der Waals surface area contributed by atoms with E-state index in [1.807, 2.05) is 0 Å². The molecule has 1 aromatic carbocycles. The number of thiazole rings is 1. The number of amides is 2. The number of nitrogens with zero attached hydrogens (tertiary/aromatic N) is 4. The van der Waals surface area contributed by atoms with Gasteiger partial charge in [0.2, 0.25) is 5.88 Å². The summed E-state index contributed by atoms with van der Waals surface area (Å²) in [4.78, 5) is 33.8. The smallest absolute Gasteiger partial charge is 0.280 e. The molecule has 4 aromatic rings. The van der Waals surface area contributed by atoms with E-state index in [1.54, 1.807) is 22.8 Å². The number of ether oxygens (including phenoxy) is 3. The monoisotopic (exact) mass is 624 g/mol. The lowest BCUT2D eigenvalue weighted by atomic mass is 10.0. The van der Waals surface area contributed by atoms with Crippen molar-refractivity contribution in [1.29, 1.82) is 0 Å². The van der Waals surface area contributed by atoms with Crippen molar-refractivity contribution < 1.29 is 38.4 Å². The lowest BCUT2D eigenvalue weighted by Crippen LogP contribution is -2.49. The normalized spacial score (nSPS) is 11.0. The van der Waals surface area contributed by atoms with Crippen LogP contribution in [0.3, 0.4) is 0 Å². The SMILES string of the molecule is [B]C(O)(O)NC(=O)c1cnc(Nc2ccc(OC)nn2)cc1Nc1cc(F)cc(-c2csc(C(=O)NCCOC)n2)c1OC. The van der Waals surface area contributed by atoms with E-state index in [0.717, 1.165) is 23.6 Å². The Hall–Kier alpha value is -4.91. The molecule has 4 rings (SSSR count). The predicted molar refractivity (Wildman–Crippen MR) is 158 cm³/mol. The molecular weight excluding hydrogens is 598 g/mol. The molecule has 0 aliphatic rings. The Balaban J connectivity index is 1.72. The average molecular weight is 624 g/mol. The summed E-state index contributed by atoms with van der Waals surface area (Å²) < 4.78 is 30.5. The Morgan fingerprint density at radius 3 is 2.48 bits per heavy atom. The topological polar surface area (TPSA) is 202 Å². The highest BCUT2D eigenvalue weighted by molar-refractivity contribution is 7.12. The highest BCUT2D eigenvalue weighted by Gasteiger charge is 2.24. The average Bonchev–Trinajstić information content (AvgIpc) is 3.47. The number of pyridine rings is 1. The Labute approximate surface area is 255 Å². The van der Waals surface area contributed by atoms with Crippen molar-refractivity contribution in [2.45, 2.75) is 5.81 Å². The first-order valence-corrected chi connectivity index (χ1v) is 13.5. The van der Waals surface area contributed by atoms with Gasteiger partial charge in [0.15, 0.2) is 30.2 Å². The molecule has 44 heavy (non-hydrogen) atoms. The van der Waals surface area contributed by atoms with Crippen molar-refractivity contribution in [2.24, 2.45) is 0 Å². The summed E-state index contributed by atoms with van der Waals surface area (Å²) in [7, 11) is 9.43. The molecule has 0 unspecified atom stereocenters. The number of aromatic nitrogens is 4. The quantitative estimate of drug-likeness (QED) is 0.0711. The molecule has 2 amide bonds. The van der Waals surface area contributed by atoms with E-state index in [4.69, 9.17) is 22.1 Å². The molecule has 0 saturated heterocycles. The van der Waals surface area contributed by atoms with Crippen molar-refractivity contribution >= 4 is 54.0 Å². The zero-order chi connectivity index (χ0) is 31.9. The number of hydrogen-bond acceptors (Lipinski definition) is 14. The van der Waals surface area contributed by atoms with Crippen LogP contribution in [0.5, 0.6) is 11.6 Å². The largest absolute Gasteiger partial charge is 0.494 e. The summed E-state index contributed by atoms with van der Waals surface area (Å²) in [6.45, 7) is 0.600. The third kappa shape index (κ3) is 8.13. The van der Waals surface area contributed by atoms with Crippen LogP contribution in [-0.2, 0) is 4.74 Å². The number of rotatable bonds is 13. The van der Waals surface area contributed by atoms with Crippen molar-refractivity contribution in [3.8, 4) is 22.9 Å². The zero-order valence-corrected chi connectivity index (χ0v) is 24.4. The lowest BCUT2D eigenvalue weighted by molar-refractivity contribution is -0.102. The Morgan fingerprint density at radius 1 is 1.02 bits per heavy atom. The van der Waals surface area contributed by atoms with Gasteiger partial charge in [-0.25, -0.2) is 14.4 Å². The van der Waals surface area contributed by atoms with Gasteiger partial charge in [-0.15, -0.1) is 21.5 Å². The van der Waals surface area contributed by atoms with Crippen molar-refractivity contribution in [3.63, 3.8) is 0 Å². The molecular formula is C26H26BFN8O7S. The molecule has 0 fully saturated rings. The first-order valence-electron chi connectivity index (χ1n) is 12.6. The first-order chi connectivity index (χ1) is 21.0.